The van der Waals surface area contributed by atoms with Gasteiger partial charge in [0.1, 0.15) is 5.76 Å². The minimum absolute atomic E-state index is 0.515. The molecule has 2 atom stereocenters. The number of hydrogen-bond donors (Lipinski definition) is 1. The number of hydrogen-bond acceptors (Lipinski definition) is 2. The van der Waals surface area contributed by atoms with E-state index < -0.39 is 0 Å². The van der Waals surface area contributed by atoms with Crippen molar-refractivity contribution in [2.24, 2.45) is 0 Å². The number of furan rings is 1. The van der Waals surface area contributed by atoms with Gasteiger partial charge in [0.2, 0.25) is 0 Å². The van der Waals surface area contributed by atoms with Gasteiger partial charge in [0.25, 0.3) is 0 Å². The summed E-state index contributed by atoms with van der Waals surface area (Å²) >= 11 is 0. The van der Waals surface area contributed by atoms with Crippen LogP contribution in [0.2, 0.25) is 0 Å². The maximum absolute atomic E-state index is 5.38. The summed E-state index contributed by atoms with van der Waals surface area (Å²) in [4.78, 5) is 0. The van der Waals surface area contributed by atoms with Crippen molar-refractivity contribution in [2.75, 3.05) is 0 Å². The molecule has 1 aliphatic carbocycles. The highest BCUT2D eigenvalue weighted by atomic mass is 16.3. The van der Waals surface area contributed by atoms with Crippen molar-refractivity contribution in [3.05, 3.63) is 59.5 Å². The Morgan fingerprint density at radius 1 is 1.26 bits per heavy atom. The molecule has 2 heteroatoms. The van der Waals surface area contributed by atoms with Crippen LogP contribution in [0.25, 0.3) is 0 Å². The zero-order chi connectivity index (χ0) is 13.1. The molecular formula is C17H21NO. The number of nitrogens with one attached hydrogen (secondary N) is 1. The quantitative estimate of drug-likeness (QED) is 0.877. The maximum atomic E-state index is 5.38. The average molecular weight is 255 g/mol. The second-order valence-corrected chi connectivity index (χ2v) is 5.48. The molecule has 0 saturated carbocycles. The molecule has 1 aromatic carbocycles. The van der Waals surface area contributed by atoms with E-state index in [1.54, 1.807) is 6.26 Å². The van der Waals surface area contributed by atoms with Crippen LogP contribution in [0.1, 0.15) is 42.7 Å². The molecule has 0 fully saturated rings. The Bertz CT molecular complexity index is 518. The van der Waals surface area contributed by atoms with Crippen LogP contribution in [-0.4, -0.2) is 6.04 Å². The second-order valence-electron chi connectivity index (χ2n) is 5.48. The Hall–Kier alpha value is -1.54. The molecule has 100 valence electrons. The molecule has 0 amide bonds. The van der Waals surface area contributed by atoms with Gasteiger partial charge in [-0.3, -0.25) is 0 Å². The van der Waals surface area contributed by atoms with Crippen LogP contribution >= 0.6 is 0 Å². The molecule has 2 nitrogen and oxygen atoms in total. The largest absolute Gasteiger partial charge is 0.469 e. The van der Waals surface area contributed by atoms with Crippen LogP contribution in [0, 0.1) is 0 Å². The van der Waals surface area contributed by atoms with Gasteiger partial charge in [-0.2, -0.15) is 0 Å². The summed E-state index contributed by atoms with van der Waals surface area (Å²) < 4.78 is 5.38. The first-order chi connectivity index (χ1) is 9.33. The van der Waals surface area contributed by atoms with Gasteiger partial charge in [-0.15, -0.1) is 0 Å². The zero-order valence-corrected chi connectivity index (χ0v) is 11.4. The summed E-state index contributed by atoms with van der Waals surface area (Å²) in [5, 5.41) is 3.76. The van der Waals surface area contributed by atoms with E-state index in [0.717, 1.165) is 18.6 Å². The first-order valence-electron chi connectivity index (χ1n) is 7.19. The SMILES string of the molecule is CC(CCc1ccco1)NC1CCc2ccccc21. The summed E-state index contributed by atoms with van der Waals surface area (Å²) in [5.41, 5.74) is 3.01. The lowest BCUT2D eigenvalue weighted by Crippen LogP contribution is -2.29. The normalized spacial score (nSPS) is 19.3. The molecule has 1 aromatic heterocycles. The fraction of sp³-hybridized carbons (Fsp3) is 0.412. The summed E-state index contributed by atoms with van der Waals surface area (Å²) in [6, 6.07) is 13.9. The van der Waals surface area contributed by atoms with Crippen LogP contribution in [0.4, 0.5) is 0 Å². The van der Waals surface area contributed by atoms with Gasteiger partial charge in [0.15, 0.2) is 0 Å². The van der Waals surface area contributed by atoms with E-state index in [4.69, 9.17) is 4.42 Å². The fourth-order valence-corrected chi connectivity index (χ4v) is 2.97. The van der Waals surface area contributed by atoms with Gasteiger partial charge in [-0.1, -0.05) is 24.3 Å². The van der Waals surface area contributed by atoms with Crippen molar-refractivity contribution in [2.45, 2.75) is 44.7 Å². The Balaban J connectivity index is 1.54. The molecule has 1 heterocycles. The highest BCUT2D eigenvalue weighted by molar-refractivity contribution is 5.34. The van der Waals surface area contributed by atoms with Gasteiger partial charge in [-0.05, 0) is 49.4 Å². The minimum atomic E-state index is 0.515. The highest BCUT2D eigenvalue weighted by Crippen LogP contribution is 2.31. The first-order valence-corrected chi connectivity index (χ1v) is 7.19. The van der Waals surface area contributed by atoms with Crippen molar-refractivity contribution in [1.82, 2.24) is 5.32 Å². The van der Waals surface area contributed by atoms with E-state index in [1.165, 1.54) is 24.0 Å². The van der Waals surface area contributed by atoms with Gasteiger partial charge >= 0.3 is 0 Å². The van der Waals surface area contributed by atoms with Crippen molar-refractivity contribution < 1.29 is 4.42 Å². The predicted molar refractivity (Wildman–Crippen MR) is 77.1 cm³/mol. The third kappa shape index (κ3) is 2.90. The summed E-state index contributed by atoms with van der Waals surface area (Å²) in [5.74, 6) is 1.08. The van der Waals surface area contributed by atoms with Crippen molar-refractivity contribution >= 4 is 0 Å². The molecule has 2 aromatic rings. The molecule has 19 heavy (non-hydrogen) atoms. The van der Waals surface area contributed by atoms with E-state index in [2.05, 4.69) is 42.6 Å². The van der Waals surface area contributed by atoms with Crippen molar-refractivity contribution in [1.29, 1.82) is 0 Å². The molecule has 0 saturated heterocycles. The lowest BCUT2D eigenvalue weighted by Gasteiger charge is -2.20. The smallest absolute Gasteiger partial charge is 0.103 e. The van der Waals surface area contributed by atoms with E-state index in [9.17, 15) is 0 Å². The Morgan fingerprint density at radius 3 is 3.00 bits per heavy atom. The molecule has 0 radical (unpaired) electrons. The summed E-state index contributed by atoms with van der Waals surface area (Å²) in [6.07, 6.45) is 6.31. The summed E-state index contributed by atoms with van der Waals surface area (Å²) in [6.45, 7) is 2.27. The standard InChI is InChI=1S/C17H21NO/c1-13(8-10-15-6-4-12-19-15)18-17-11-9-14-5-2-3-7-16(14)17/h2-7,12-13,17-18H,8-11H2,1H3. The highest BCUT2D eigenvalue weighted by Gasteiger charge is 2.22. The Kier molecular flexibility index (Phi) is 3.69. The minimum Gasteiger partial charge on any atom is -0.469 e. The Morgan fingerprint density at radius 2 is 2.16 bits per heavy atom. The second kappa shape index (κ2) is 5.62. The van der Waals surface area contributed by atoms with Crippen LogP contribution in [0.5, 0.6) is 0 Å². The van der Waals surface area contributed by atoms with Crippen LogP contribution in [-0.2, 0) is 12.8 Å². The molecular weight excluding hydrogens is 234 g/mol. The van der Waals surface area contributed by atoms with E-state index in [-0.39, 0.29) is 0 Å². The monoisotopic (exact) mass is 255 g/mol. The van der Waals surface area contributed by atoms with E-state index >= 15 is 0 Å². The van der Waals surface area contributed by atoms with Gasteiger partial charge in [0, 0.05) is 18.5 Å². The van der Waals surface area contributed by atoms with Gasteiger partial charge in [0.05, 0.1) is 6.26 Å². The lowest BCUT2D eigenvalue weighted by atomic mass is 10.1. The third-order valence-electron chi connectivity index (χ3n) is 4.02. The van der Waals surface area contributed by atoms with E-state index in [1.807, 2.05) is 6.07 Å². The topological polar surface area (TPSA) is 25.2 Å². The first kappa shape index (κ1) is 12.5. The molecule has 3 rings (SSSR count). The number of rotatable bonds is 5. The van der Waals surface area contributed by atoms with Crippen LogP contribution in [0.3, 0.4) is 0 Å². The maximum Gasteiger partial charge on any atom is 0.103 e. The van der Waals surface area contributed by atoms with Crippen LogP contribution in [0.15, 0.2) is 47.1 Å². The van der Waals surface area contributed by atoms with Crippen LogP contribution < -0.4 is 5.32 Å². The molecule has 1 N–H and O–H groups in total. The third-order valence-corrected chi connectivity index (χ3v) is 4.02. The van der Waals surface area contributed by atoms with Gasteiger partial charge < -0.3 is 9.73 Å². The lowest BCUT2D eigenvalue weighted by molar-refractivity contribution is 0.416. The van der Waals surface area contributed by atoms with Gasteiger partial charge in [-0.25, -0.2) is 0 Å². The molecule has 2 unspecified atom stereocenters. The molecule has 1 aliphatic rings. The number of fused-ring (bicyclic) bond motifs is 1. The molecule has 0 bridgehead atoms. The molecule has 0 aliphatic heterocycles. The number of benzene rings is 1. The molecule has 0 spiro atoms. The Labute approximate surface area is 114 Å². The van der Waals surface area contributed by atoms with Crippen molar-refractivity contribution in [3.63, 3.8) is 0 Å². The average Bonchev–Trinajstić information content (AvgIpc) is 3.07. The summed E-state index contributed by atoms with van der Waals surface area (Å²) in [7, 11) is 0. The van der Waals surface area contributed by atoms with E-state index in [0.29, 0.717) is 12.1 Å². The number of aryl methyl sites for hydroxylation is 2. The predicted octanol–water partition coefficient (Wildman–Crippen LogP) is 3.88. The fourth-order valence-electron chi connectivity index (χ4n) is 2.97. The zero-order valence-electron chi connectivity index (χ0n) is 11.4. The van der Waals surface area contributed by atoms with Crippen molar-refractivity contribution in [3.8, 4) is 0 Å².